The number of nitrogens with zero attached hydrogens (tertiary/aromatic N) is 6. The van der Waals surface area contributed by atoms with Gasteiger partial charge in [0.25, 0.3) is 0 Å². The largest absolute Gasteiger partial charge is 1.00 e. The Bertz CT molecular complexity index is 58.2. The Morgan fingerprint density at radius 3 is 0.714 bits per heavy atom. The maximum absolute atomic E-state index is 6.75. The van der Waals surface area contributed by atoms with E-state index in [0.29, 0.717) is 0 Å². The van der Waals surface area contributed by atoms with Crippen LogP contribution in [0.15, 0.2) is 0 Å². The van der Waals surface area contributed by atoms with Crippen LogP contribution < -0.4 is 51.4 Å². The van der Waals surface area contributed by atoms with Crippen molar-refractivity contribution in [2.24, 2.45) is 0 Å². The molecule has 0 N–H and O–H groups in total. The van der Waals surface area contributed by atoms with Crippen LogP contribution in [0.1, 0.15) is 0 Å². The minimum Gasteiger partial charge on any atom is -0.373 e. The third kappa shape index (κ3) is 1720. The smallest absolute Gasteiger partial charge is 0.373 e. The summed E-state index contributed by atoms with van der Waals surface area (Å²) < 4.78 is 0. The zero-order valence-corrected chi connectivity index (χ0v) is 6.81. The normalized spacial score (nSPS) is 2.29. The molecule has 6 nitrogen and oxygen atoms in total. The molecule has 0 amide bonds. The zero-order chi connectivity index (χ0) is 5.41. The average Bonchev–Trinajstić information content (AvgIpc) is 1.39. The van der Waals surface area contributed by atoms with Crippen molar-refractivity contribution in [3.63, 3.8) is 0 Å². The van der Waals surface area contributed by atoms with Crippen LogP contribution in [0.2, 0.25) is 0 Å². The van der Waals surface area contributed by atoms with E-state index in [-0.39, 0.29) is 51.4 Å². The summed E-state index contributed by atoms with van der Waals surface area (Å²) >= 11 is 0. The Kier molecular flexibility index (Phi) is 76.0. The predicted molar refractivity (Wildman–Crippen MR) is 20.2 cm³/mol. The Hall–Kier alpha value is 0.256. The molecule has 0 bridgehead atoms. The van der Waals surface area contributed by atoms with E-state index in [4.69, 9.17) is 22.1 Å². The van der Waals surface area contributed by atoms with E-state index >= 15 is 0 Å². The standard InChI is InChI=1S/K.2N3/c;2*1-3-2/q+1;2*-1. The molecule has 0 aliphatic rings. The van der Waals surface area contributed by atoms with Crippen molar-refractivity contribution < 1.29 is 51.4 Å². The molecule has 0 aliphatic carbocycles. The van der Waals surface area contributed by atoms with Crippen LogP contribution >= 0.6 is 0 Å². The number of hydrogen-bond donors (Lipinski definition) is 0. The first kappa shape index (κ1) is 15.7. The molecule has 0 aromatic carbocycles. The Morgan fingerprint density at radius 1 is 0.714 bits per heavy atom. The van der Waals surface area contributed by atoms with Crippen LogP contribution in [-0.4, -0.2) is 0 Å². The molecule has 0 radical (unpaired) electrons. The minimum absolute atomic E-state index is 0. The molecule has 0 aromatic heterocycles. The number of rotatable bonds is 0. The van der Waals surface area contributed by atoms with E-state index in [1.807, 2.05) is 0 Å². The summed E-state index contributed by atoms with van der Waals surface area (Å²) in [6.45, 7) is 0. The van der Waals surface area contributed by atoms with Crippen molar-refractivity contribution in [2.45, 2.75) is 0 Å². The van der Waals surface area contributed by atoms with E-state index < -0.39 is 0 Å². The van der Waals surface area contributed by atoms with Gasteiger partial charge < -0.3 is 22.1 Å². The molecular weight excluding hydrogens is 123 g/mol. The molecule has 0 fully saturated rings. The zero-order valence-electron chi connectivity index (χ0n) is 3.68. The first-order chi connectivity index (χ1) is 2.83. The summed E-state index contributed by atoms with van der Waals surface area (Å²) in [6, 6.07) is 0. The molecule has 7 heteroatoms. The third-order valence-electron chi connectivity index (χ3n) is 0. The maximum Gasteiger partial charge on any atom is 1.00 e. The summed E-state index contributed by atoms with van der Waals surface area (Å²) in [5.74, 6) is 0. The second-order valence-electron chi connectivity index (χ2n) is 0.179. The molecule has 0 aromatic rings. The second kappa shape index (κ2) is 34.0. The summed E-state index contributed by atoms with van der Waals surface area (Å²) in [4.78, 5) is 3.00. The van der Waals surface area contributed by atoms with Crippen molar-refractivity contribution >= 4 is 0 Å². The van der Waals surface area contributed by atoms with Gasteiger partial charge in [0.1, 0.15) is 0 Å². The van der Waals surface area contributed by atoms with E-state index in [1.165, 1.54) is 9.82 Å². The van der Waals surface area contributed by atoms with Crippen LogP contribution in [0.25, 0.3) is 31.9 Å². The molecule has 0 aliphatic heterocycles. The summed E-state index contributed by atoms with van der Waals surface area (Å²) in [5.41, 5.74) is 27.0. The molecule has 32 valence electrons. The van der Waals surface area contributed by atoms with E-state index in [9.17, 15) is 0 Å². The van der Waals surface area contributed by atoms with Crippen LogP contribution in [0, 0.1) is 0 Å². The topological polar surface area (TPSA) is 117 Å². The van der Waals surface area contributed by atoms with E-state index in [2.05, 4.69) is 0 Å². The first-order valence-corrected chi connectivity index (χ1v) is 0.800. The van der Waals surface area contributed by atoms with Gasteiger partial charge in [-0.1, -0.05) is 0 Å². The summed E-state index contributed by atoms with van der Waals surface area (Å²) in [6.07, 6.45) is 0. The molecule has 0 rings (SSSR count). The van der Waals surface area contributed by atoms with Crippen LogP contribution in [0.3, 0.4) is 0 Å². The van der Waals surface area contributed by atoms with Gasteiger partial charge in [-0.2, -0.15) is 0 Å². The summed E-state index contributed by atoms with van der Waals surface area (Å²) in [5, 5.41) is 0. The van der Waals surface area contributed by atoms with Gasteiger partial charge >= 0.3 is 51.4 Å². The fourth-order valence-electron chi connectivity index (χ4n) is 0. The van der Waals surface area contributed by atoms with Crippen molar-refractivity contribution in [1.82, 2.24) is 0 Å². The molecule has 0 unspecified atom stereocenters. The van der Waals surface area contributed by atoms with Gasteiger partial charge in [-0.3, -0.25) is 9.82 Å². The first-order valence-electron chi connectivity index (χ1n) is 0.800. The quantitative estimate of drug-likeness (QED) is 0.165. The van der Waals surface area contributed by atoms with Gasteiger partial charge in [-0.25, -0.2) is 0 Å². The van der Waals surface area contributed by atoms with Crippen LogP contribution in [0.4, 0.5) is 0 Å². The molecular formula is KN6-. The fourth-order valence-corrected chi connectivity index (χ4v) is 0. The molecule has 0 spiro atoms. The van der Waals surface area contributed by atoms with Crippen LogP contribution in [0.5, 0.6) is 0 Å². The van der Waals surface area contributed by atoms with Gasteiger partial charge in [-0.05, 0) is 0 Å². The van der Waals surface area contributed by atoms with Crippen LogP contribution in [-0.2, 0) is 0 Å². The Balaban J connectivity index is -0.0000000400. The van der Waals surface area contributed by atoms with Gasteiger partial charge in [0.15, 0.2) is 0 Å². The monoisotopic (exact) mass is 123 g/mol. The molecule has 7 heavy (non-hydrogen) atoms. The fraction of sp³-hybridized carbons (Fsp3) is 0. The molecule has 0 heterocycles. The average molecular weight is 123 g/mol. The maximum atomic E-state index is 6.75. The van der Waals surface area contributed by atoms with Gasteiger partial charge in [-0.15, -0.1) is 0 Å². The SMILES string of the molecule is [K+].[N-]=[N+]=[N-].[N-]=[N+]=[N-]. The Labute approximate surface area is 82.2 Å². The van der Waals surface area contributed by atoms with E-state index in [0.717, 1.165) is 0 Å². The van der Waals surface area contributed by atoms with Crippen molar-refractivity contribution in [1.29, 1.82) is 0 Å². The minimum atomic E-state index is 0. The Morgan fingerprint density at radius 2 is 0.714 bits per heavy atom. The van der Waals surface area contributed by atoms with Gasteiger partial charge in [0.05, 0.1) is 0 Å². The van der Waals surface area contributed by atoms with Gasteiger partial charge in [0, 0.05) is 0 Å². The van der Waals surface area contributed by atoms with Crippen molar-refractivity contribution in [2.75, 3.05) is 0 Å². The van der Waals surface area contributed by atoms with Crippen molar-refractivity contribution in [3.8, 4) is 0 Å². The molecule has 0 saturated carbocycles. The number of hydrogen-bond acceptors (Lipinski definition) is 0. The summed E-state index contributed by atoms with van der Waals surface area (Å²) in [7, 11) is 0. The van der Waals surface area contributed by atoms with Crippen molar-refractivity contribution in [3.05, 3.63) is 31.9 Å². The van der Waals surface area contributed by atoms with Gasteiger partial charge in [0.2, 0.25) is 0 Å². The molecule has 0 atom stereocenters. The second-order valence-corrected chi connectivity index (χ2v) is 0.179. The van der Waals surface area contributed by atoms with E-state index in [1.54, 1.807) is 0 Å². The molecule has 0 saturated heterocycles. The third-order valence-corrected chi connectivity index (χ3v) is 0. The predicted octanol–water partition coefficient (Wildman–Crippen LogP) is -1.26.